The lowest BCUT2D eigenvalue weighted by molar-refractivity contribution is 0.0472. The van der Waals surface area contributed by atoms with Crippen molar-refractivity contribution in [2.24, 2.45) is 0 Å². The van der Waals surface area contributed by atoms with E-state index < -0.39 is 5.97 Å². The Balaban J connectivity index is 2.07. The van der Waals surface area contributed by atoms with Crippen LogP contribution in [0.2, 0.25) is 0 Å². The number of hydrogen-bond donors (Lipinski definition) is 1. The second kappa shape index (κ2) is 5.69. The number of hydrogen-bond acceptors (Lipinski definition) is 4. The molecule has 0 heterocycles. The van der Waals surface area contributed by atoms with Gasteiger partial charge < -0.3 is 10.5 Å². The largest absolute Gasteiger partial charge is 0.457 e. The van der Waals surface area contributed by atoms with Crippen LogP contribution in [-0.2, 0) is 11.3 Å². The van der Waals surface area contributed by atoms with Gasteiger partial charge in [-0.2, -0.15) is 5.26 Å². The molecule has 0 saturated carbocycles. The van der Waals surface area contributed by atoms with Gasteiger partial charge in [-0.1, -0.05) is 24.3 Å². The van der Waals surface area contributed by atoms with Gasteiger partial charge in [-0.3, -0.25) is 0 Å². The third kappa shape index (κ3) is 3.11. The second-order valence-corrected chi connectivity index (χ2v) is 3.97. The molecule has 19 heavy (non-hydrogen) atoms. The zero-order valence-corrected chi connectivity index (χ0v) is 10.2. The van der Waals surface area contributed by atoms with Crippen LogP contribution >= 0.6 is 0 Å². The van der Waals surface area contributed by atoms with Gasteiger partial charge in [-0.15, -0.1) is 0 Å². The maximum Gasteiger partial charge on any atom is 0.338 e. The molecule has 2 rings (SSSR count). The second-order valence-electron chi connectivity index (χ2n) is 3.97. The number of benzene rings is 2. The number of carbonyl (C=O) groups excluding carboxylic acids is 1. The first-order valence-corrected chi connectivity index (χ1v) is 5.71. The minimum Gasteiger partial charge on any atom is -0.457 e. The summed E-state index contributed by atoms with van der Waals surface area (Å²) in [7, 11) is 0. The molecule has 2 aromatic rings. The summed E-state index contributed by atoms with van der Waals surface area (Å²) in [4.78, 5) is 11.8. The van der Waals surface area contributed by atoms with Crippen LogP contribution in [-0.4, -0.2) is 5.97 Å². The van der Waals surface area contributed by atoms with E-state index in [9.17, 15) is 4.79 Å². The molecule has 0 aliphatic rings. The number of nitriles is 1. The lowest BCUT2D eigenvalue weighted by atomic mass is 10.1. The van der Waals surface area contributed by atoms with Crippen LogP contribution in [0.3, 0.4) is 0 Å². The number of rotatable bonds is 3. The summed E-state index contributed by atoms with van der Waals surface area (Å²) in [5, 5.41) is 8.93. The van der Waals surface area contributed by atoms with Crippen LogP contribution in [0.1, 0.15) is 21.5 Å². The standard InChI is InChI=1S/C15H12N2O2/c16-9-12-4-1-2-5-13(12)10-19-15(18)11-6-3-7-14(17)8-11/h1-8H,10,17H2. The van der Waals surface area contributed by atoms with E-state index in [-0.39, 0.29) is 6.61 Å². The van der Waals surface area contributed by atoms with E-state index in [0.29, 0.717) is 22.4 Å². The molecule has 0 unspecified atom stereocenters. The Morgan fingerprint density at radius 1 is 1.21 bits per heavy atom. The number of nitrogens with zero attached hydrogens (tertiary/aromatic N) is 1. The molecule has 0 aromatic heterocycles. The Labute approximate surface area is 111 Å². The number of nitrogens with two attached hydrogens (primary N) is 1. The van der Waals surface area contributed by atoms with Gasteiger partial charge in [-0.25, -0.2) is 4.79 Å². The van der Waals surface area contributed by atoms with Crippen molar-refractivity contribution in [1.29, 1.82) is 5.26 Å². The molecule has 4 nitrogen and oxygen atoms in total. The summed E-state index contributed by atoms with van der Waals surface area (Å²) in [6, 6.07) is 15.6. The summed E-state index contributed by atoms with van der Waals surface area (Å²) < 4.78 is 5.17. The average Bonchev–Trinajstić information content (AvgIpc) is 2.45. The molecular weight excluding hydrogens is 240 g/mol. The zero-order valence-electron chi connectivity index (χ0n) is 10.2. The predicted molar refractivity (Wildman–Crippen MR) is 71.1 cm³/mol. The van der Waals surface area contributed by atoms with Crippen LogP contribution in [0.15, 0.2) is 48.5 Å². The maximum absolute atomic E-state index is 11.8. The first kappa shape index (κ1) is 12.7. The van der Waals surface area contributed by atoms with Gasteiger partial charge >= 0.3 is 5.97 Å². The quantitative estimate of drug-likeness (QED) is 0.672. The van der Waals surface area contributed by atoms with E-state index in [1.54, 1.807) is 48.5 Å². The molecule has 0 atom stereocenters. The highest BCUT2D eigenvalue weighted by atomic mass is 16.5. The summed E-state index contributed by atoms with van der Waals surface area (Å²) in [5.74, 6) is -0.458. The van der Waals surface area contributed by atoms with Crippen molar-refractivity contribution in [3.8, 4) is 6.07 Å². The highest BCUT2D eigenvalue weighted by Gasteiger charge is 2.09. The lowest BCUT2D eigenvalue weighted by Gasteiger charge is -2.06. The first-order valence-electron chi connectivity index (χ1n) is 5.71. The van der Waals surface area contributed by atoms with Crippen LogP contribution in [0.25, 0.3) is 0 Å². The van der Waals surface area contributed by atoms with Gasteiger partial charge in [0.15, 0.2) is 0 Å². The Hall–Kier alpha value is -2.80. The number of ether oxygens (including phenoxy) is 1. The minimum absolute atomic E-state index is 0.0668. The van der Waals surface area contributed by atoms with E-state index in [0.717, 1.165) is 0 Å². The highest BCUT2D eigenvalue weighted by molar-refractivity contribution is 5.90. The van der Waals surface area contributed by atoms with Crippen LogP contribution in [0.5, 0.6) is 0 Å². The van der Waals surface area contributed by atoms with E-state index in [4.69, 9.17) is 15.7 Å². The normalized spacial score (nSPS) is 9.63. The smallest absolute Gasteiger partial charge is 0.338 e. The fraction of sp³-hybridized carbons (Fsp3) is 0.0667. The fourth-order valence-electron chi connectivity index (χ4n) is 1.65. The summed E-state index contributed by atoms with van der Waals surface area (Å²) in [6.07, 6.45) is 0. The number of anilines is 1. The molecule has 0 aliphatic heterocycles. The Morgan fingerprint density at radius 3 is 2.74 bits per heavy atom. The van der Waals surface area contributed by atoms with Crippen molar-refractivity contribution in [2.45, 2.75) is 6.61 Å². The molecule has 0 radical (unpaired) electrons. The molecule has 0 saturated heterocycles. The van der Waals surface area contributed by atoms with E-state index in [1.807, 2.05) is 0 Å². The zero-order chi connectivity index (χ0) is 13.7. The van der Waals surface area contributed by atoms with Crippen molar-refractivity contribution < 1.29 is 9.53 Å². The molecule has 0 bridgehead atoms. The van der Waals surface area contributed by atoms with Gasteiger partial charge in [0.2, 0.25) is 0 Å². The molecule has 0 spiro atoms. The van der Waals surface area contributed by atoms with Crippen LogP contribution in [0, 0.1) is 11.3 Å². The van der Waals surface area contributed by atoms with Gasteiger partial charge in [0.05, 0.1) is 17.2 Å². The minimum atomic E-state index is -0.458. The Kier molecular flexibility index (Phi) is 3.79. The van der Waals surface area contributed by atoms with Gasteiger partial charge in [0.25, 0.3) is 0 Å². The molecule has 0 amide bonds. The molecule has 94 valence electrons. The number of carbonyl (C=O) groups is 1. The van der Waals surface area contributed by atoms with Gasteiger partial charge in [0, 0.05) is 11.3 Å². The first-order chi connectivity index (χ1) is 9.20. The van der Waals surface area contributed by atoms with Crippen molar-refractivity contribution >= 4 is 11.7 Å². The fourth-order valence-corrected chi connectivity index (χ4v) is 1.65. The van der Waals surface area contributed by atoms with E-state index >= 15 is 0 Å². The molecule has 0 fully saturated rings. The van der Waals surface area contributed by atoms with Crippen molar-refractivity contribution in [3.05, 3.63) is 65.2 Å². The molecule has 4 heteroatoms. The van der Waals surface area contributed by atoms with Gasteiger partial charge in [-0.05, 0) is 24.3 Å². The van der Waals surface area contributed by atoms with E-state index in [1.165, 1.54) is 0 Å². The maximum atomic E-state index is 11.8. The Morgan fingerprint density at radius 2 is 2.00 bits per heavy atom. The molecule has 0 aliphatic carbocycles. The summed E-state index contributed by atoms with van der Waals surface area (Å²) in [5.41, 5.74) is 7.69. The predicted octanol–water partition coefficient (Wildman–Crippen LogP) is 2.50. The van der Waals surface area contributed by atoms with Crippen LogP contribution < -0.4 is 5.73 Å². The highest BCUT2D eigenvalue weighted by Crippen LogP contribution is 2.12. The number of esters is 1. The Bertz CT molecular complexity index is 645. The van der Waals surface area contributed by atoms with Crippen LogP contribution in [0.4, 0.5) is 5.69 Å². The molecule has 2 aromatic carbocycles. The van der Waals surface area contributed by atoms with E-state index in [2.05, 4.69) is 6.07 Å². The molecular formula is C15H12N2O2. The SMILES string of the molecule is N#Cc1ccccc1COC(=O)c1cccc(N)c1. The summed E-state index contributed by atoms with van der Waals surface area (Å²) in [6.45, 7) is 0.0668. The van der Waals surface area contributed by atoms with Crippen molar-refractivity contribution in [1.82, 2.24) is 0 Å². The third-order valence-electron chi connectivity index (χ3n) is 2.62. The van der Waals surface area contributed by atoms with Crippen molar-refractivity contribution in [2.75, 3.05) is 5.73 Å². The lowest BCUT2D eigenvalue weighted by Crippen LogP contribution is -2.06. The molecule has 2 N–H and O–H groups in total. The third-order valence-corrected chi connectivity index (χ3v) is 2.62. The number of nitrogen functional groups attached to an aromatic ring is 1. The average molecular weight is 252 g/mol. The topological polar surface area (TPSA) is 76.1 Å². The van der Waals surface area contributed by atoms with Crippen molar-refractivity contribution in [3.63, 3.8) is 0 Å². The summed E-state index contributed by atoms with van der Waals surface area (Å²) >= 11 is 0. The van der Waals surface area contributed by atoms with Gasteiger partial charge in [0.1, 0.15) is 6.61 Å². The monoisotopic (exact) mass is 252 g/mol.